The van der Waals surface area contributed by atoms with Gasteiger partial charge in [-0.05, 0) is 25.7 Å². The van der Waals surface area contributed by atoms with Crippen LogP contribution in [0, 0.1) is 5.92 Å². The molecule has 9 nitrogen and oxygen atoms in total. The Morgan fingerprint density at radius 2 is 2.00 bits per heavy atom. The van der Waals surface area contributed by atoms with E-state index >= 15 is 0 Å². The van der Waals surface area contributed by atoms with Crippen LogP contribution in [0.5, 0.6) is 0 Å². The summed E-state index contributed by atoms with van der Waals surface area (Å²) in [6.07, 6.45) is 6.84. The number of ether oxygens (including phenoxy) is 1. The van der Waals surface area contributed by atoms with E-state index in [1.807, 2.05) is 6.08 Å². The Hall–Kier alpha value is -2.62. The Labute approximate surface area is 190 Å². The van der Waals surface area contributed by atoms with Gasteiger partial charge in [-0.15, -0.1) is 13.2 Å². The van der Waals surface area contributed by atoms with Crippen molar-refractivity contribution in [3.05, 3.63) is 25.3 Å². The quantitative estimate of drug-likeness (QED) is 0.168. The maximum absolute atomic E-state index is 13.2. The fourth-order valence-corrected chi connectivity index (χ4v) is 4.31. The highest BCUT2D eigenvalue weighted by atomic mass is 16.5. The molecule has 1 aliphatic carbocycles. The third kappa shape index (κ3) is 6.00. The number of hydrogen-bond donors (Lipinski definition) is 3. The number of methoxy groups -OCH3 is 1. The summed E-state index contributed by atoms with van der Waals surface area (Å²) in [7, 11) is 2.58. The molecule has 2 aliphatic rings. The number of allylic oxidation sites excluding steroid dienone is 1. The number of β-amino-alcohol motifs (C(OH)–C–C–N with tert-alkyl or cyclic N) is 1. The Kier molecular flexibility index (Phi) is 9.06. The van der Waals surface area contributed by atoms with Crippen molar-refractivity contribution < 1.29 is 29.0 Å². The van der Waals surface area contributed by atoms with Gasteiger partial charge in [-0.2, -0.15) is 0 Å². The van der Waals surface area contributed by atoms with E-state index in [2.05, 4.69) is 23.8 Å². The minimum Gasteiger partial charge on any atom is -0.467 e. The molecule has 2 rings (SSSR count). The van der Waals surface area contributed by atoms with Crippen LogP contribution in [0.4, 0.5) is 4.79 Å². The van der Waals surface area contributed by atoms with Gasteiger partial charge in [-0.3, -0.25) is 14.4 Å². The first kappa shape index (κ1) is 25.6. The molecule has 1 heterocycles. The van der Waals surface area contributed by atoms with E-state index in [1.165, 1.54) is 19.9 Å². The van der Waals surface area contributed by atoms with Crippen LogP contribution >= 0.6 is 0 Å². The van der Waals surface area contributed by atoms with Gasteiger partial charge >= 0.3 is 5.97 Å². The Morgan fingerprint density at radius 3 is 2.56 bits per heavy atom. The molecule has 1 saturated carbocycles. The van der Waals surface area contributed by atoms with E-state index in [0.29, 0.717) is 12.8 Å². The molecule has 0 bridgehead atoms. The minimum absolute atomic E-state index is 0.0143. The summed E-state index contributed by atoms with van der Waals surface area (Å²) in [4.78, 5) is 51.5. The second-order valence-corrected chi connectivity index (χ2v) is 8.57. The fraction of sp³-hybridized carbons (Fsp3) is 0.636. The van der Waals surface area contributed by atoms with Crippen molar-refractivity contribution in [3.8, 4) is 0 Å². The molecule has 3 amide bonds. The number of amides is 3. The van der Waals surface area contributed by atoms with Crippen LogP contribution in [0.2, 0.25) is 0 Å². The number of unbranched alkanes of at least 4 members (excludes halogenated alkanes) is 3. The predicted molar refractivity (Wildman–Crippen MR) is 121 cm³/mol. The minimum atomic E-state index is -1.18. The molecular weight excluding hydrogens is 413 g/mol. The number of likely N-dealkylation sites (tertiary alicyclic amines) is 1. The Morgan fingerprint density at radius 1 is 1.28 bits per heavy atom. The molecule has 1 saturated heterocycles. The Bertz CT molecular complexity index is 760. The first-order valence-corrected chi connectivity index (χ1v) is 11.1. The van der Waals surface area contributed by atoms with Crippen molar-refractivity contribution >= 4 is 31.4 Å². The lowest BCUT2D eigenvalue weighted by atomic mass is 10.0. The highest BCUT2D eigenvalue weighted by Gasteiger charge is 2.61. The number of aliphatic hydroxyl groups is 1. The number of hydrogen-bond acceptors (Lipinski definition) is 6. The lowest BCUT2D eigenvalue weighted by molar-refractivity contribution is -0.148. The summed E-state index contributed by atoms with van der Waals surface area (Å²) >= 11 is 0. The van der Waals surface area contributed by atoms with Crippen molar-refractivity contribution in [2.75, 3.05) is 13.7 Å². The highest BCUT2D eigenvalue weighted by molar-refractivity contribution is 6.57. The molecular formula is C22H34BN3O6. The molecule has 0 unspecified atom stereocenters. The van der Waals surface area contributed by atoms with Crippen molar-refractivity contribution in [1.29, 1.82) is 0 Å². The normalized spacial score (nSPS) is 27.2. The smallest absolute Gasteiger partial charge is 0.332 e. The molecule has 5 atom stereocenters. The molecule has 0 aromatic rings. The fourth-order valence-electron chi connectivity index (χ4n) is 4.31. The molecule has 0 aromatic heterocycles. The topological polar surface area (TPSA) is 125 Å². The van der Waals surface area contributed by atoms with Crippen LogP contribution in [-0.2, 0) is 19.1 Å². The van der Waals surface area contributed by atoms with Gasteiger partial charge in [0.25, 0.3) is 0 Å². The molecule has 10 heteroatoms. The van der Waals surface area contributed by atoms with Crippen molar-refractivity contribution in [2.45, 2.75) is 68.7 Å². The van der Waals surface area contributed by atoms with E-state index in [1.54, 1.807) is 6.08 Å². The van der Waals surface area contributed by atoms with E-state index in [9.17, 15) is 24.3 Å². The highest BCUT2D eigenvalue weighted by Crippen LogP contribution is 2.45. The number of nitrogens with one attached hydrogen (secondary N) is 2. The number of esters is 1. The predicted octanol–water partition coefficient (Wildman–Crippen LogP) is 0.0299. The lowest BCUT2D eigenvalue weighted by Gasteiger charge is -2.29. The van der Waals surface area contributed by atoms with Crippen LogP contribution in [0.1, 0.15) is 44.9 Å². The maximum Gasteiger partial charge on any atom is 0.332 e. The first-order valence-electron chi connectivity index (χ1n) is 11.1. The van der Waals surface area contributed by atoms with Crippen molar-refractivity contribution in [1.82, 2.24) is 15.5 Å². The van der Waals surface area contributed by atoms with E-state index in [-0.39, 0.29) is 24.7 Å². The van der Waals surface area contributed by atoms with Gasteiger partial charge in [-0.1, -0.05) is 25.0 Å². The average Bonchev–Trinajstić information content (AvgIpc) is 3.33. The van der Waals surface area contributed by atoms with Crippen LogP contribution < -0.4 is 10.6 Å². The SMILES string of the molecule is BC(=O)N[C@@H](CCCCCC=C)C(=O)N1C[C@@H](O)C[C@H]1C(=O)N[C@]1(C(=O)OC)C[C@H]1C=C. The molecule has 176 valence electrons. The number of carbonyl (C=O) groups is 4. The maximum atomic E-state index is 13.2. The number of rotatable bonds is 12. The van der Waals surface area contributed by atoms with E-state index in [0.717, 1.165) is 25.7 Å². The summed E-state index contributed by atoms with van der Waals surface area (Å²) in [5, 5.41) is 15.6. The molecule has 0 radical (unpaired) electrons. The van der Waals surface area contributed by atoms with Crippen molar-refractivity contribution in [2.24, 2.45) is 5.92 Å². The third-order valence-corrected chi connectivity index (χ3v) is 6.14. The van der Waals surface area contributed by atoms with Gasteiger partial charge < -0.3 is 25.4 Å². The zero-order valence-corrected chi connectivity index (χ0v) is 19.0. The van der Waals surface area contributed by atoms with Gasteiger partial charge in [0.1, 0.15) is 17.6 Å². The number of aliphatic hydroxyl groups excluding tert-OH is 1. The molecule has 1 aliphatic heterocycles. The summed E-state index contributed by atoms with van der Waals surface area (Å²) in [5.74, 6) is -2.10. The second-order valence-electron chi connectivity index (χ2n) is 8.57. The van der Waals surface area contributed by atoms with E-state index in [4.69, 9.17) is 4.74 Å². The van der Waals surface area contributed by atoms with Crippen LogP contribution in [0.15, 0.2) is 25.3 Å². The third-order valence-electron chi connectivity index (χ3n) is 6.14. The molecule has 0 spiro atoms. The van der Waals surface area contributed by atoms with E-state index < -0.39 is 41.5 Å². The van der Waals surface area contributed by atoms with Crippen LogP contribution in [-0.4, -0.2) is 78.8 Å². The number of nitrogens with zero attached hydrogens (tertiary/aromatic N) is 1. The van der Waals surface area contributed by atoms with Crippen LogP contribution in [0.3, 0.4) is 0 Å². The lowest BCUT2D eigenvalue weighted by Crippen LogP contribution is -2.56. The summed E-state index contributed by atoms with van der Waals surface area (Å²) in [6.45, 7) is 7.36. The van der Waals surface area contributed by atoms with Gasteiger partial charge in [0.2, 0.25) is 19.7 Å². The molecule has 2 fully saturated rings. The average molecular weight is 447 g/mol. The van der Waals surface area contributed by atoms with Crippen molar-refractivity contribution in [3.63, 3.8) is 0 Å². The number of carbonyl (C=O) groups excluding carboxylic acids is 4. The summed E-state index contributed by atoms with van der Waals surface area (Å²) < 4.78 is 4.84. The van der Waals surface area contributed by atoms with Gasteiger partial charge in [-0.25, -0.2) is 4.79 Å². The molecule has 3 N–H and O–H groups in total. The zero-order chi connectivity index (χ0) is 23.9. The van der Waals surface area contributed by atoms with Gasteiger partial charge in [0.05, 0.1) is 13.2 Å². The Balaban J connectivity index is 2.10. The van der Waals surface area contributed by atoms with Gasteiger partial charge in [0.15, 0.2) is 5.81 Å². The molecule has 0 aromatic carbocycles. The standard InChI is InChI=1S/C22H34BN3O6/c1-4-6-7-8-9-10-16(24-21(23)31)19(29)26-13-15(27)11-17(26)18(28)25-22(20(30)32-3)12-14(22)5-2/h4-5,14-17,27H,1-2,6-13,23H2,3H3,(H,24,31)(H,25,28)/t14-,15+,16+,17+,22-/m1/s1. The zero-order valence-electron chi connectivity index (χ0n) is 19.0. The summed E-state index contributed by atoms with van der Waals surface area (Å²) in [5.41, 5.74) is -1.18. The van der Waals surface area contributed by atoms with Gasteiger partial charge in [0, 0.05) is 18.9 Å². The largest absolute Gasteiger partial charge is 0.467 e. The second kappa shape index (κ2) is 11.3. The monoisotopic (exact) mass is 447 g/mol. The first-order chi connectivity index (χ1) is 15.2. The summed E-state index contributed by atoms with van der Waals surface area (Å²) in [6, 6.07) is -1.73. The van der Waals surface area contributed by atoms with Crippen LogP contribution in [0.25, 0.3) is 0 Å². The molecule has 32 heavy (non-hydrogen) atoms.